The van der Waals surface area contributed by atoms with Crippen LogP contribution in [0.3, 0.4) is 0 Å². The number of anilines is 1. The standard InChI is InChI=1S/C15H14N2O.C2HF3O2/c1-2-6-13-12(5-1)15-11(10-18-13)9-17-8-4-3-7-14(17)16-15;3-2(4,5)1(6)7/h1-8,11,15H,9-10H2;(H,6,7). The molecule has 2 aliphatic rings. The first-order chi connectivity index (χ1) is 11.9. The molecule has 1 aromatic heterocycles. The Morgan fingerprint density at radius 1 is 1.20 bits per heavy atom. The number of carboxylic acids is 1. The minimum absolute atomic E-state index is 0.373. The molecule has 0 spiro atoms. The maximum atomic E-state index is 10.5. The molecule has 0 amide bonds. The SMILES string of the molecule is O=C([O-])C(F)(F)F.c1ccc2c(c1)OCC1C[n+]3ccccc3NC21. The summed E-state index contributed by atoms with van der Waals surface area (Å²) in [4.78, 5) is 8.78. The molecule has 0 saturated heterocycles. The van der Waals surface area contributed by atoms with Gasteiger partial charge in [0.2, 0.25) is 0 Å². The van der Waals surface area contributed by atoms with Crippen LogP contribution in [-0.4, -0.2) is 18.8 Å². The molecule has 0 bridgehead atoms. The fourth-order valence-corrected chi connectivity index (χ4v) is 2.95. The molecule has 0 radical (unpaired) electrons. The van der Waals surface area contributed by atoms with E-state index in [9.17, 15) is 13.2 Å². The summed E-state index contributed by atoms with van der Waals surface area (Å²) in [5, 5.41) is 12.4. The van der Waals surface area contributed by atoms with Crippen LogP contribution in [0.2, 0.25) is 0 Å². The van der Waals surface area contributed by atoms with Gasteiger partial charge in [0.25, 0.3) is 5.82 Å². The predicted octanol–water partition coefficient (Wildman–Crippen LogP) is 1.45. The van der Waals surface area contributed by atoms with Gasteiger partial charge in [0.15, 0.2) is 0 Å². The number of para-hydroxylation sites is 1. The van der Waals surface area contributed by atoms with Gasteiger partial charge in [-0.15, -0.1) is 0 Å². The highest BCUT2D eigenvalue weighted by Gasteiger charge is 2.39. The van der Waals surface area contributed by atoms with Crippen LogP contribution in [0.25, 0.3) is 0 Å². The Balaban J connectivity index is 0.000000225. The number of alkyl halides is 3. The summed E-state index contributed by atoms with van der Waals surface area (Å²) in [6.45, 7) is 1.80. The van der Waals surface area contributed by atoms with E-state index in [1.807, 2.05) is 6.07 Å². The zero-order chi connectivity index (χ0) is 18.0. The number of aromatic nitrogens is 1. The third-order valence-electron chi connectivity index (χ3n) is 4.09. The Bertz CT molecular complexity index is 780. The highest BCUT2D eigenvalue weighted by molar-refractivity contribution is 5.70. The fraction of sp³-hybridized carbons (Fsp3) is 0.294. The van der Waals surface area contributed by atoms with Crippen LogP contribution in [-0.2, 0) is 11.3 Å². The van der Waals surface area contributed by atoms with E-state index in [-0.39, 0.29) is 0 Å². The molecule has 5 nitrogen and oxygen atoms in total. The number of nitrogens with one attached hydrogen (secondary N) is 1. The number of fused-ring (bicyclic) bond motifs is 4. The van der Waals surface area contributed by atoms with Gasteiger partial charge in [0.1, 0.15) is 24.3 Å². The number of halogens is 3. The third-order valence-corrected chi connectivity index (χ3v) is 4.09. The normalized spacial score (nSPS) is 20.4. The highest BCUT2D eigenvalue weighted by atomic mass is 19.4. The molecule has 2 unspecified atom stereocenters. The number of carboxylic acid groups (broad SMARTS) is 1. The number of pyridine rings is 1. The van der Waals surface area contributed by atoms with E-state index >= 15 is 0 Å². The number of hydrogen-bond acceptors (Lipinski definition) is 4. The van der Waals surface area contributed by atoms with Crippen molar-refractivity contribution in [3.63, 3.8) is 0 Å². The van der Waals surface area contributed by atoms with Crippen molar-refractivity contribution in [2.24, 2.45) is 5.92 Å². The number of carbonyl (C=O) groups is 1. The number of carbonyl (C=O) groups excluding carboxylic acids is 1. The summed E-state index contributed by atoms with van der Waals surface area (Å²) >= 11 is 0. The second kappa shape index (κ2) is 6.62. The number of rotatable bonds is 0. The second-order valence-electron chi connectivity index (χ2n) is 5.75. The zero-order valence-corrected chi connectivity index (χ0v) is 13.0. The van der Waals surface area contributed by atoms with Crippen LogP contribution < -0.4 is 19.7 Å². The lowest BCUT2D eigenvalue weighted by Gasteiger charge is -2.34. The summed E-state index contributed by atoms with van der Waals surface area (Å²) in [5.41, 5.74) is 1.28. The topological polar surface area (TPSA) is 65.3 Å². The number of hydrogen-bond donors (Lipinski definition) is 1. The van der Waals surface area contributed by atoms with E-state index in [2.05, 4.69) is 52.5 Å². The first kappa shape index (κ1) is 17.1. The van der Waals surface area contributed by atoms with Gasteiger partial charge in [-0.25, -0.2) is 4.57 Å². The van der Waals surface area contributed by atoms with E-state index in [1.165, 1.54) is 11.4 Å². The molecule has 25 heavy (non-hydrogen) atoms. The van der Waals surface area contributed by atoms with Crippen LogP contribution in [0.1, 0.15) is 11.6 Å². The molecule has 2 aromatic rings. The van der Waals surface area contributed by atoms with Crippen LogP contribution in [0.4, 0.5) is 19.0 Å². The number of nitrogens with zero attached hydrogens (tertiary/aromatic N) is 1. The van der Waals surface area contributed by atoms with Crippen molar-refractivity contribution in [3.8, 4) is 5.75 Å². The second-order valence-corrected chi connectivity index (χ2v) is 5.75. The van der Waals surface area contributed by atoms with E-state index in [0.717, 1.165) is 18.9 Å². The fourth-order valence-electron chi connectivity index (χ4n) is 2.95. The van der Waals surface area contributed by atoms with Gasteiger partial charge in [-0.05, 0) is 12.1 Å². The van der Waals surface area contributed by atoms with Gasteiger partial charge in [-0.1, -0.05) is 24.3 Å². The molecule has 8 heteroatoms. The maximum Gasteiger partial charge on any atom is 0.430 e. The third kappa shape index (κ3) is 3.67. The Kier molecular flexibility index (Phi) is 4.52. The highest BCUT2D eigenvalue weighted by Crippen LogP contribution is 2.38. The molecule has 1 aromatic carbocycles. The van der Waals surface area contributed by atoms with Crippen LogP contribution in [0.15, 0.2) is 48.7 Å². The molecule has 132 valence electrons. The van der Waals surface area contributed by atoms with Crippen molar-refractivity contribution in [1.29, 1.82) is 0 Å². The average Bonchev–Trinajstić information content (AvgIpc) is 2.59. The largest absolute Gasteiger partial charge is 0.542 e. The minimum Gasteiger partial charge on any atom is -0.542 e. The Morgan fingerprint density at radius 2 is 1.88 bits per heavy atom. The number of benzene rings is 1. The van der Waals surface area contributed by atoms with E-state index in [0.29, 0.717) is 12.0 Å². The molecular weight excluding hydrogens is 337 g/mol. The molecule has 2 atom stereocenters. The van der Waals surface area contributed by atoms with Gasteiger partial charge in [0.05, 0.1) is 18.7 Å². The lowest BCUT2D eigenvalue weighted by Crippen LogP contribution is -2.51. The van der Waals surface area contributed by atoms with Crippen molar-refractivity contribution in [1.82, 2.24) is 0 Å². The first-order valence-corrected chi connectivity index (χ1v) is 7.61. The van der Waals surface area contributed by atoms with Crippen LogP contribution in [0, 0.1) is 5.92 Å². The zero-order valence-electron chi connectivity index (χ0n) is 13.0. The summed E-state index contributed by atoms with van der Waals surface area (Å²) in [6, 6.07) is 15.0. The Labute approximate surface area is 141 Å². The van der Waals surface area contributed by atoms with Crippen molar-refractivity contribution in [2.45, 2.75) is 18.8 Å². The van der Waals surface area contributed by atoms with E-state index in [1.54, 1.807) is 0 Å². The number of aliphatic carboxylic acids is 1. The quantitative estimate of drug-likeness (QED) is 0.729. The van der Waals surface area contributed by atoms with Gasteiger partial charge < -0.3 is 14.6 Å². The molecule has 2 aliphatic heterocycles. The monoisotopic (exact) mass is 352 g/mol. The van der Waals surface area contributed by atoms with Gasteiger partial charge in [-0.2, -0.15) is 13.2 Å². The lowest BCUT2D eigenvalue weighted by atomic mass is 9.89. The predicted molar refractivity (Wildman–Crippen MR) is 79.5 cm³/mol. The average molecular weight is 352 g/mol. The molecule has 0 aliphatic carbocycles. The molecule has 0 fully saturated rings. The summed E-state index contributed by atoms with van der Waals surface area (Å²) in [6.07, 6.45) is -3.07. The van der Waals surface area contributed by atoms with Gasteiger partial charge >= 0.3 is 6.18 Å². The molecule has 3 heterocycles. The van der Waals surface area contributed by atoms with Gasteiger partial charge in [-0.3, -0.25) is 5.32 Å². The smallest absolute Gasteiger partial charge is 0.430 e. The Morgan fingerprint density at radius 3 is 2.60 bits per heavy atom. The molecule has 0 saturated carbocycles. The van der Waals surface area contributed by atoms with Crippen molar-refractivity contribution in [3.05, 3.63) is 54.2 Å². The minimum atomic E-state index is -5.19. The van der Waals surface area contributed by atoms with Crippen molar-refractivity contribution in [2.75, 3.05) is 11.9 Å². The van der Waals surface area contributed by atoms with Crippen molar-refractivity contribution < 1.29 is 32.4 Å². The molecular formula is C17H15F3N2O3. The lowest BCUT2D eigenvalue weighted by molar-refractivity contribution is -0.695. The number of ether oxygens (including phenoxy) is 1. The summed E-state index contributed by atoms with van der Waals surface area (Å²) in [5.74, 6) is -0.293. The molecule has 1 N–H and O–H groups in total. The Hall–Kier alpha value is -2.77. The van der Waals surface area contributed by atoms with E-state index in [4.69, 9.17) is 14.6 Å². The summed E-state index contributed by atoms with van der Waals surface area (Å²) in [7, 11) is 0. The van der Waals surface area contributed by atoms with Crippen molar-refractivity contribution >= 4 is 11.8 Å². The molecule has 4 rings (SSSR count). The summed E-state index contributed by atoms with van der Waals surface area (Å²) < 4.78 is 39.7. The van der Waals surface area contributed by atoms with Gasteiger partial charge in [0, 0.05) is 11.6 Å². The first-order valence-electron chi connectivity index (χ1n) is 7.61. The maximum absolute atomic E-state index is 10.5. The van der Waals surface area contributed by atoms with E-state index < -0.39 is 12.1 Å². The van der Waals surface area contributed by atoms with Crippen LogP contribution in [0.5, 0.6) is 5.75 Å². The van der Waals surface area contributed by atoms with Crippen LogP contribution >= 0.6 is 0 Å².